The monoisotopic (exact) mass is 240 g/mol. The van der Waals surface area contributed by atoms with Crippen LogP contribution in [0.3, 0.4) is 0 Å². The van der Waals surface area contributed by atoms with Crippen LogP contribution in [-0.4, -0.2) is 18.0 Å². The van der Waals surface area contributed by atoms with Gasteiger partial charge in [-0.3, -0.25) is 4.90 Å². The van der Waals surface area contributed by atoms with Crippen LogP contribution in [0.1, 0.15) is 36.8 Å². The van der Waals surface area contributed by atoms with Gasteiger partial charge < -0.3 is 0 Å². The predicted octanol–water partition coefficient (Wildman–Crippen LogP) is 3.13. The Kier molecular flexibility index (Phi) is 3.09. The van der Waals surface area contributed by atoms with Crippen LogP contribution in [0, 0.1) is 16.7 Å². The molecule has 2 nitrogen and oxygen atoms in total. The Labute approximate surface area is 109 Å². The van der Waals surface area contributed by atoms with Crippen LogP contribution < -0.4 is 0 Å². The molecule has 94 valence electrons. The van der Waals surface area contributed by atoms with Gasteiger partial charge in [-0.25, -0.2) is 0 Å². The van der Waals surface area contributed by atoms with Crippen LogP contribution in [-0.2, 0) is 13.0 Å². The summed E-state index contributed by atoms with van der Waals surface area (Å²) in [5.74, 6) is 0. The van der Waals surface area contributed by atoms with E-state index in [-0.39, 0.29) is 5.41 Å². The third-order valence-electron chi connectivity index (χ3n) is 4.53. The lowest BCUT2D eigenvalue weighted by Crippen LogP contribution is -2.38. The summed E-state index contributed by atoms with van der Waals surface area (Å²) in [6, 6.07) is 11.3. The lowest BCUT2D eigenvalue weighted by Gasteiger charge is -2.34. The van der Waals surface area contributed by atoms with E-state index in [0.29, 0.717) is 0 Å². The SMILES string of the molecule is N#CC1(CN2CCc3ccccc3C2)CCCC1. The molecule has 0 unspecified atom stereocenters. The Bertz CT molecular complexity index is 466. The van der Waals surface area contributed by atoms with E-state index >= 15 is 0 Å². The van der Waals surface area contributed by atoms with E-state index in [2.05, 4.69) is 35.2 Å². The first-order chi connectivity index (χ1) is 8.81. The van der Waals surface area contributed by atoms with Crippen molar-refractivity contribution in [2.45, 2.75) is 38.6 Å². The molecule has 1 aromatic carbocycles. The Balaban J connectivity index is 1.71. The van der Waals surface area contributed by atoms with Gasteiger partial charge in [-0.2, -0.15) is 5.26 Å². The molecule has 18 heavy (non-hydrogen) atoms. The van der Waals surface area contributed by atoms with Gasteiger partial charge >= 0.3 is 0 Å². The van der Waals surface area contributed by atoms with Crippen LogP contribution in [0.2, 0.25) is 0 Å². The minimum Gasteiger partial charge on any atom is -0.297 e. The lowest BCUT2D eigenvalue weighted by molar-refractivity contribution is 0.179. The predicted molar refractivity (Wildman–Crippen MR) is 71.9 cm³/mol. The highest BCUT2D eigenvalue weighted by atomic mass is 15.1. The highest BCUT2D eigenvalue weighted by Crippen LogP contribution is 2.38. The molecular formula is C16H20N2. The molecule has 2 aliphatic rings. The smallest absolute Gasteiger partial charge is 0.0703 e. The van der Waals surface area contributed by atoms with E-state index in [1.807, 2.05) is 0 Å². The van der Waals surface area contributed by atoms with Crippen molar-refractivity contribution in [3.05, 3.63) is 35.4 Å². The van der Waals surface area contributed by atoms with Crippen LogP contribution in [0.4, 0.5) is 0 Å². The van der Waals surface area contributed by atoms with Crippen molar-refractivity contribution in [2.24, 2.45) is 5.41 Å². The summed E-state index contributed by atoms with van der Waals surface area (Å²) in [5, 5.41) is 9.47. The van der Waals surface area contributed by atoms with Gasteiger partial charge in [-0.15, -0.1) is 0 Å². The summed E-state index contributed by atoms with van der Waals surface area (Å²) >= 11 is 0. The summed E-state index contributed by atoms with van der Waals surface area (Å²) < 4.78 is 0. The fourth-order valence-electron chi connectivity index (χ4n) is 3.47. The van der Waals surface area contributed by atoms with Gasteiger partial charge in [0, 0.05) is 19.6 Å². The Morgan fingerprint density at radius 3 is 2.61 bits per heavy atom. The maximum absolute atomic E-state index is 9.47. The molecule has 3 rings (SSSR count). The van der Waals surface area contributed by atoms with Crippen molar-refractivity contribution < 1.29 is 0 Å². The molecule has 0 spiro atoms. The van der Waals surface area contributed by atoms with Crippen LogP contribution in [0.25, 0.3) is 0 Å². The number of hydrogen-bond acceptors (Lipinski definition) is 2. The molecule has 1 heterocycles. The minimum atomic E-state index is -0.0493. The molecule has 1 aliphatic heterocycles. The molecule has 0 saturated heterocycles. The number of benzene rings is 1. The van der Waals surface area contributed by atoms with Crippen molar-refractivity contribution in [1.82, 2.24) is 4.90 Å². The molecule has 0 aromatic heterocycles. The van der Waals surface area contributed by atoms with E-state index in [9.17, 15) is 5.26 Å². The van der Waals surface area contributed by atoms with E-state index in [1.54, 1.807) is 0 Å². The molecule has 0 bridgehead atoms. The quantitative estimate of drug-likeness (QED) is 0.794. The average Bonchev–Trinajstić information content (AvgIpc) is 2.88. The zero-order valence-electron chi connectivity index (χ0n) is 10.9. The molecule has 1 saturated carbocycles. The zero-order chi connectivity index (χ0) is 12.4. The third kappa shape index (κ3) is 2.15. The Hall–Kier alpha value is -1.33. The van der Waals surface area contributed by atoms with E-state index in [0.717, 1.165) is 38.9 Å². The second-order valence-corrected chi connectivity index (χ2v) is 5.83. The Morgan fingerprint density at radius 2 is 1.89 bits per heavy atom. The fraction of sp³-hybridized carbons (Fsp3) is 0.562. The molecule has 0 amide bonds. The van der Waals surface area contributed by atoms with Gasteiger partial charge in [0.25, 0.3) is 0 Å². The van der Waals surface area contributed by atoms with Gasteiger partial charge in [-0.05, 0) is 30.4 Å². The second-order valence-electron chi connectivity index (χ2n) is 5.83. The van der Waals surface area contributed by atoms with E-state index in [4.69, 9.17) is 0 Å². The standard InChI is InChI=1S/C16H20N2/c17-12-16(8-3-4-9-16)13-18-10-7-14-5-1-2-6-15(14)11-18/h1-2,5-6H,3-4,7-11,13H2. The van der Waals surface area contributed by atoms with Gasteiger partial charge in [0.1, 0.15) is 0 Å². The fourth-order valence-corrected chi connectivity index (χ4v) is 3.47. The Morgan fingerprint density at radius 1 is 1.17 bits per heavy atom. The molecule has 2 heteroatoms. The zero-order valence-corrected chi connectivity index (χ0v) is 10.9. The first-order valence-corrected chi connectivity index (χ1v) is 7.02. The number of fused-ring (bicyclic) bond motifs is 1. The largest absolute Gasteiger partial charge is 0.297 e. The maximum atomic E-state index is 9.47. The molecule has 1 aliphatic carbocycles. The first-order valence-electron chi connectivity index (χ1n) is 7.02. The highest BCUT2D eigenvalue weighted by molar-refractivity contribution is 5.29. The van der Waals surface area contributed by atoms with E-state index in [1.165, 1.54) is 24.0 Å². The highest BCUT2D eigenvalue weighted by Gasteiger charge is 2.36. The van der Waals surface area contributed by atoms with Crippen LogP contribution >= 0.6 is 0 Å². The summed E-state index contributed by atoms with van der Waals surface area (Å²) in [6.45, 7) is 3.11. The van der Waals surface area contributed by atoms with Gasteiger partial charge in [0.05, 0.1) is 11.5 Å². The van der Waals surface area contributed by atoms with Crippen molar-refractivity contribution in [3.8, 4) is 6.07 Å². The van der Waals surface area contributed by atoms with Gasteiger partial charge in [0.15, 0.2) is 0 Å². The molecule has 0 atom stereocenters. The summed E-state index contributed by atoms with van der Waals surface area (Å²) in [5.41, 5.74) is 2.90. The minimum absolute atomic E-state index is 0.0493. The van der Waals surface area contributed by atoms with Crippen molar-refractivity contribution >= 4 is 0 Å². The van der Waals surface area contributed by atoms with Gasteiger partial charge in [0.2, 0.25) is 0 Å². The number of rotatable bonds is 2. The third-order valence-corrected chi connectivity index (χ3v) is 4.53. The van der Waals surface area contributed by atoms with Crippen molar-refractivity contribution in [2.75, 3.05) is 13.1 Å². The molecular weight excluding hydrogens is 220 g/mol. The van der Waals surface area contributed by atoms with E-state index < -0.39 is 0 Å². The summed E-state index contributed by atoms with van der Waals surface area (Å²) in [7, 11) is 0. The number of nitrogens with zero attached hydrogens (tertiary/aromatic N) is 2. The normalized spacial score (nSPS) is 22.4. The molecule has 1 fully saturated rings. The maximum Gasteiger partial charge on any atom is 0.0703 e. The molecule has 0 N–H and O–H groups in total. The molecule has 1 aromatic rings. The van der Waals surface area contributed by atoms with Crippen LogP contribution in [0.15, 0.2) is 24.3 Å². The average molecular weight is 240 g/mol. The first kappa shape index (κ1) is 11.7. The topological polar surface area (TPSA) is 27.0 Å². The summed E-state index contributed by atoms with van der Waals surface area (Å²) in [4.78, 5) is 2.48. The second kappa shape index (κ2) is 4.74. The van der Waals surface area contributed by atoms with Crippen molar-refractivity contribution in [1.29, 1.82) is 5.26 Å². The number of nitriles is 1. The number of hydrogen-bond donors (Lipinski definition) is 0. The lowest BCUT2D eigenvalue weighted by atomic mass is 9.86. The van der Waals surface area contributed by atoms with Crippen LogP contribution in [0.5, 0.6) is 0 Å². The van der Waals surface area contributed by atoms with Crippen molar-refractivity contribution in [3.63, 3.8) is 0 Å². The summed E-state index contributed by atoms with van der Waals surface area (Å²) in [6.07, 6.45) is 5.80. The molecule has 0 radical (unpaired) electrons. The van der Waals surface area contributed by atoms with Gasteiger partial charge in [-0.1, -0.05) is 37.1 Å².